The number of hydrogen-bond donors (Lipinski definition) is 3. The van der Waals surface area contributed by atoms with Crippen LogP contribution in [-0.4, -0.2) is 49.8 Å². The predicted octanol–water partition coefficient (Wildman–Crippen LogP) is 1.94. The highest BCUT2D eigenvalue weighted by molar-refractivity contribution is 7.99. The summed E-state index contributed by atoms with van der Waals surface area (Å²) in [6, 6.07) is 9.09. The number of ether oxygens (including phenoxy) is 1. The van der Waals surface area contributed by atoms with Gasteiger partial charge in [0.05, 0.1) is 11.1 Å². The molecule has 3 N–H and O–H groups in total. The Labute approximate surface area is 142 Å². The van der Waals surface area contributed by atoms with Crippen molar-refractivity contribution in [3.05, 3.63) is 47.7 Å². The lowest BCUT2D eigenvalue weighted by atomic mass is 10.1. The Morgan fingerprint density at radius 2 is 1.96 bits per heavy atom. The van der Waals surface area contributed by atoms with E-state index in [4.69, 9.17) is 16.3 Å². The maximum atomic E-state index is 10.0. The molecule has 0 spiro atoms. The van der Waals surface area contributed by atoms with Gasteiger partial charge in [0.1, 0.15) is 18.0 Å². The molecule has 23 heavy (non-hydrogen) atoms. The van der Waals surface area contributed by atoms with Crippen molar-refractivity contribution in [3.63, 3.8) is 0 Å². The zero-order valence-corrected chi connectivity index (χ0v) is 13.6. The number of halogens is 1. The smallest absolute Gasteiger partial charge is 0.173 e. The van der Waals surface area contributed by atoms with Crippen molar-refractivity contribution in [2.75, 3.05) is 5.75 Å². The van der Waals surface area contributed by atoms with Crippen LogP contribution in [-0.2, 0) is 0 Å². The lowest BCUT2D eigenvalue weighted by molar-refractivity contribution is -0.0785. The molecule has 3 rings (SSSR count). The number of benzene rings is 1. The van der Waals surface area contributed by atoms with Crippen molar-refractivity contribution in [1.82, 2.24) is 4.98 Å². The Bertz CT molecular complexity index is 672. The molecule has 4 atom stereocenters. The molecule has 0 aliphatic carbocycles. The standard InChI is InChI=1S/C16H16ClNO4S/c17-11-4-3-9(10-2-1-5-18-7-10)6-13(11)22-16-15(21)14(20)12(19)8-23-16/h1-7,12,14-16,19-21H,8H2/t12-,14+,15-,16+/m1/s1. The maximum absolute atomic E-state index is 10.0. The minimum absolute atomic E-state index is 0.281. The molecule has 122 valence electrons. The van der Waals surface area contributed by atoms with Gasteiger partial charge in [-0.25, -0.2) is 0 Å². The van der Waals surface area contributed by atoms with E-state index in [1.54, 1.807) is 24.5 Å². The molecule has 5 nitrogen and oxygen atoms in total. The SMILES string of the molecule is O[C@@H]1[C@@H](O)[C@@H](Oc2cc(-c3cccnc3)ccc2Cl)SC[C@H]1O. The van der Waals surface area contributed by atoms with Crippen LogP contribution in [0.3, 0.4) is 0 Å². The first kappa shape index (κ1) is 16.5. The molecule has 7 heteroatoms. The van der Waals surface area contributed by atoms with Gasteiger partial charge in [-0.15, -0.1) is 11.8 Å². The van der Waals surface area contributed by atoms with Gasteiger partial charge in [0.25, 0.3) is 0 Å². The summed E-state index contributed by atoms with van der Waals surface area (Å²) in [5, 5.41) is 29.8. The van der Waals surface area contributed by atoms with E-state index in [2.05, 4.69) is 4.98 Å². The second-order valence-electron chi connectivity index (χ2n) is 5.26. The Hall–Kier alpha value is -1.31. The van der Waals surface area contributed by atoms with Crippen LogP contribution in [0.15, 0.2) is 42.7 Å². The average molecular weight is 354 g/mol. The lowest BCUT2D eigenvalue weighted by Gasteiger charge is -2.34. The number of thioether (sulfide) groups is 1. The number of hydrogen-bond acceptors (Lipinski definition) is 6. The molecule has 2 heterocycles. The summed E-state index contributed by atoms with van der Waals surface area (Å²) in [6.07, 6.45) is 0.0334. The van der Waals surface area contributed by atoms with Crippen molar-refractivity contribution in [1.29, 1.82) is 0 Å². The van der Waals surface area contributed by atoms with Crippen molar-refractivity contribution in [2.45, 2.75) is 23.7 Å². The van der Waals surface area contributed by atoms with Gasteiger partial charge in [0.15, 0.2) is 5.44 Å². The van der Waals surface area contributed by atoms with Gasteiger partial charge in [0.2, 0.25) is 0 Å². The van der Waals surface area contributed by atoms with E-state index in [9.17, 15) is 15.3 Å². The first-order chi connectivity index (χ1) is 11.1. The zero-order valence-electron chi connectivity index (χ0n) is 12.0. The van der Waals surface area contributed by atoms with Crippen LogP contribution in [0.25, 0.3) is 11.1 Å². The monoisotopic (exact) mass is 353 g/mol. The van der Waals surface area contributed by atoms with Crippen LogP contribution >= 0.6 is 23.4 Å². The van der Waals surface area contributed by atoms with Crippen LogP contribution in [0.4, 0.5) is 0 Å². The first-order valence-corrected chi connectivity index (χ1v) is 8.51. The number of aliphatic hydroxyl groups is 3. The summed E-state index contributed by atoms with van der Waals surface area (Å²) in [6.45, 7) is 0. The first-order valence-electron chi connectivity index (χ1n) is 7.08. The molecule has 0 bridgehead atoms. The van der Waals surface area contributed by atoms with E-state index in [1.165, 1.54) is 11.8 Å². The van der Waals surface area contributed by atoms with Gasteiger partial charge in [-0.1, -0.05) is 23.7 Å². The molecular formula is C16H16ClNO4S. The minimum atomic E-state index is -1.23. The molecule has 0 radical (unpaired) electrons. The Morgan fingerprint density at radius 1 is 1.13 bits per heavy atom. The molecule has 1 aliphatic rings. The van der Waals surface area contributed by atoms with Crippen LogP contribution in [0.1, 0.15) is 0 Å². The summed E-state index contributed by atoms with van der Waals surface area (Å²) in [5.41, 5.74) is 1.10. The number of rotatable bonds is 3. The largest absolute Gasteiger partial charge is 0.475 e. The highest BCUT2D eigenvalue weighted by Gasteiger charge is 2.38. The highest BCUT2D eigenvalue weighted by atomic mass is 35.5. The van der Waals surface area contributed by atoms with Gasteiger partial charge < -0.3 is 20.1 Å². The quantitative estimate of drug-likeness (QED) is 0.782. The Kier molecular flexibility index (Phi) is 5.08. The van der Waals surface area contributed by atoms with Crippen molar-refractivity contribution >= 4 is 23.4 Å². The van der Waals surface area contributed by atoms with Crippen LogP contribution < -0.4 is 4.74 Å². The zero-order chi connectivity index (χ0) is 16.4. The molecule has 1 fully saturated rings. The third-order valence-corrected chi connectivity index (χ3v) is 5.17. The number of nitrogens with zero attached hydrogens (tertiary/aromatic N) is 1. The average Bonchev–Trinajstić information content (AvgIpc) is 2.58. The lowest BCUT2D eigenvalue weighted by Crippen LogP contribution is -2.50. The highest BCUT2D eigenvalue weighted by Crippen LogP contribution is 2.35. The molecule has 0 unspecified atom stereocenters. The van der Waals surface area contributed by atoms with Gasteiger partial charge in [0, 0.05) is 23.7 Å². The van der Waals surface area contributed by atoms with Crippen LogP contribution in [0.5, 0.6) is 5.75 Å². The van der Waals surface area contributed by atoms with Crippen LogP contribution in [0.2, 0.25) is 5.02 Å². The van der Waals surface area contributed by atoms with Gasteiger partial charge >= 0.3 is 0 Å². The Morgan fingerprint density at radius 3 is 2.70 bits per heavy atom. The summed E-state index contributed by atoms with van der Waals surface area (Å²) in [4.78, 5) is 4.08. The van der Waals surface area contributed by atoms with E-state index in [1.807, 2.05) is 18.2 Å². The van der Waals surface area contributed by atoms with Crippen LogP contribution in [0, 0.1) is 0 Å². The second kappa shape index (κ2) is 7.07. The van der Waals surface area contributed by atoms with E-state index in [0.717, 1.165) is 11.1 Å². The summed E-state index contributed by atoms with van der Waals surface area (Å²) in [5.74, 6) is 0.691. The maximum Gasteiger partial charge on any atom is 0.173 e. The third kappa shape index (κ3) is 3.62. The van der Waals surface area contributed by atoms with Gasteiger partial charge in [-0.05, 0) is 23.8 Å². The summed E-state index contributed by atoms with van der Waals surface area (Å²) in [7, 11) is 0. The Balaban J connectivity index is 1.83. The molecule has 2 aromatic rings. The van der Waals surface area contributed by atoms with Crippen molar-refractivity contribution in [2.24, 2.45) is 0 Å². The molecule has 0 saturated carbocycles. The fourth-order valence-corrected chi connectivity index (χ4v) is 3.59. The molecular weight excluding hydrogens is 338 g/mol. The van der Waals surface area contributed by atoms with E-state index >= 15 is 0 Å². The topological polar surface area (TPSA) is 82.8 Å². The van der Waals surface area contributed by atoms with Crippen molar-refractivity contribution in [3.8, 4) is 16.9 Å². The second-order valence-corrected chi connectivity index (χ2v) is 6.79. The van der Waals surface area contributed by atoms with E-state index in [0.29, 0.717) is 10.8 Å². The third-order valence-electron chi connectivity index (χ3n) is 3.62. The minimum Gasteiger partial charge on any atom is -0.475 e. The van der Waals surface area contributed by atoms with E-state index in [-0.39, 0.29) is 5.75 Å². The fraction of sp³-hybridized carbons (Fsp3) is 0.312. The van der Waals surface area contributed by atoms with Gasteiger partial charge in [-0.2, -0.15) is 0 Å². The molecule has 1 aliphatic heterocycles. The summed E-state index contributed by atoms with van der Waals surface area (Å²) >= 11 is 7.41. The molecule has 0 amide bonds. The molecule has 1 aromatic carbocycles. The van der Waals surface area contributed by atoms with E-state index < -0.39 is 23.7 Å². The number of pyridine rings is 1. The molecule has 1 saturated heterocycles. The predicted molar refractivity (Wildman–Crippen MR) is 89.6 cm³/mol. The van der Waals surface area contributed by atoms with Crippen molar-refractivity contribution < 1.29 is 20.1 Å². The normalized spacial score (nSPS) is 27.7. The summed E-state index contributed by atoms with van der Waals surface area (Å²) < 4.78 is 5.77. The van der Waals surface area contributed by atoms with Gasteiger partial charge in [-0.3, -0.25) is 4.98 Å². The fourth-order valence-electron chi connectivity index (χ4n) is 2.31. The number of aliphatic hydroxyl groups excluding tert-OH is 3. The molecule has 1 aromatic heterocycles. The number of aromatic nitrogens is 1.